The molecule has 0 amide bonds. The third-order valence-electron chi connectivity index (χ3n) is 3.64. The van der Waals surface area contributed by atoms with E-state index in [-0.39, 0.29) is 0 Å². The zero-order valence-corrected chi connectivity index (χ0v) is 11.1. The summed E-state index contributed by atoms with van der Waals surface area (Å²) in [6, 6.07) is 0. The third-order valence-corrected chi connectivity index (χ3v) is 4.63. The number of nitrogens with one attached hydrogen (secondary N) is 1. The van der Waals surface area contributed by atoms with Crippen LogP contribution in [0.3, 0.4) is 0 Å². The minimum atomic E-state index is 0.853. The fourth-order valence-electron chi connectivity index (χ4n) is 2.80. The maximum Gasteiger partial charge on any atom is 0.0930 e. The van der Waals surface area contributed by atoms with Crippen LogP contribution in [-0.4, -0.2) is 18.6 Å². The smallest absolute Gasteiger partial charge is 0.0930 e. The van der Waals surface area contributed by atoms with Crippen molar-refractivity contribution in [2.75, 3.05) is 13.6 Å². The van der Waals surface area contributed by atoms with Crippen LogP contribution in [0.15, 0.2) is 5.38 Å². The molecule has 90 valence electrons. The highest BCUT2D eigenvalue weighted by atomic mass is 32.1. The van der Waals surface area contributed by atoms with Crippen LogP contribution < -0.4 is 5.32 Å². The average molecular weight is 238 g/mol. The zero-order chi connectivity index (χ0) is 11.4. The molecule has 2 nitrogen and oxygen atoms in total. The van der Waals surface area contributed by atoms with E-state index in [4.69, 9.17) is 0 Å². The summed E-state index contributed by atoms with van der Waals surface area (Å²) in [5.41, 5.74) is 1.18. The second-order valence-corrected chi connectivity index (χ2v) is 5.89. The van der Waals surface area contributed by atoms with E-state index in [1.54, 1.807) is 0 Å². The Kier molecular flexibility index (Phi) is 4.36. The second-order valence-electron chi connectivity index (χ2n) is 4.95. The fourth-order valence-corrected chi connectivity index (χ4v) is 3.67. The Labute approximate surface area is 102 Å². The number of aromatic nitrogens is 1. The van der Waals surface area contributed by atoms with Gasteiger partial charge in [-0.3, -0.25) is 0 Å². The highest BCUT2D eigenvalue weighted by molar-refractivity contribution is 7.09. The number of thiazole rings is 1. The number of hydrogen-bond acceptors (Lipinski definition) is 3. The first kappa shape index (κ1) is 12.1. The topological polar surface area (TPSA) is 24.9 Å². The first-order chi connectivity index (χ1) is 7.79. The lowest BCUT2D eigenvalue weighted by atomic mass is 9.77. The predicted molar refractivity (Wildman–Crippen MR) is 69.9 cm³/mol. The highest BCUT2D eigenvalue weighted by Crippen LogP contribution is 2.32. The number of aryl methyl sites for hydroxylation is 1. The second kappa shape index (κ2) is 5.78. The van der Waals surface area contributed by atoms with Gasteiger partial charge in [-0.2, -0.15) is 0 Å². The van der Waals surface area contributed by atoms with Crippen molar-refractivity contribution in [2.24, 2.45) is 11.8 Å². The molecule has 0 spiro atoms. The summed E-state index contributed by atoms with van der Waals surface area (Å²) < 4.78 is 0. The predicted octanol–water partition coefficient (Wildman–Crippen LogP) is 3.02. The van der Waals surface area contributed by atoms with Crippen LogP contribution in [-0.2, 0) is 6.42 Å². The lowest BCUT2D eigenvalue weighted by Gasteiger charge is -2.30. The third kappa shape index (κ3) is 3.05. The first-order valence-electron chi connectivity index (χ1n) is 6.35. The normalized spacial score (nSPS) is 25.9. The summed E-state index contributed by atoms with van der Waals surface area (Å²) in [5, 5.41) is 6.85. The molecule has 0 saturated heterocycles. The summed E-state index contributed by atoms with van der Waals surface area (Å²) in [4.78, 5) is 4.60. The van der Waals surface area contributed by atoms with E-state index >= 15 is 0 Å². The van der Waals surface area contributed by atoms with Gasteiger partial charge in [-0.25, -0.2) is 4.98 Å². The molecule has 1 aromatic rings. The quantitative estimate of drug-likeness (QED) is 0.872. The van der Waals surface area contributed by atoms with E-state index in [1.807, 2.05) is 11.3 Å². The van der Waals surface area contributed by atoms with Gasteiger partial charge in [-0.15, -0.1) is 11.3 Å². The number of nitrogens with zero attached hydrogens (tertiary/aromatic N) is 1. The van der Waals surface area contributed by atoms with Crippen molar-refractivity contribution in [3.05, 3.63) is 16.1 Å². The van der Waals surface area contributed by atoms with Crippen molar-refractivity contribution in [3.63, 3.8) is 0 Å². The van der Waals surface area contributed by atoms with Gasteiger partial charge in [-0.1, -0.05) is 12.8 Å². The molecule has 0 aliphatic heterocycles. The molecular weight excluding hydrogens is 216 g/mol. The lowest BCUT2D eigenvalue weighted by molar-refractivity contribution is 0.232. The van der Waals surface area contributed by atoms with Crippen molar-refractivity contribution in [2.45, 2.75) is 39.0 Å². The largest absolute Gasteiger partial charge is 0.319 e. The maximum absolute atomic E-state index is 4.60. The molecule has 3 heteroatoms. The van der Waals surface area contributed by atoms with Crippen molar-refractivity contribution < 1.29 is 0 Å². The lowest BCUT2D eigenvalue weighted by Crippen LogP contribution is -2.29. The van der Waals surface area contributed by atoms with Gasteiger partial charge in [0.05, 0.1) is 5.01 Å². The molecule has 1 aliphatic carbocycles. The van der Waals surface area contributed by atoms with Gasteiger partial charge in [-0.05, 0) is 45.2 Å². The van der Waals surface area contributed by atoms with Crippen LogP contribution in [0.2, 0.25) is 0 Å². The van der Waals surface area contributed by atoms with Crippen LogP contribution >= 0.6 is 11.3 Å². The summed E-state index contributed by atoms with van der Waals surface area (Å²) in [6.07, 6.45) is 6.82. The van der Waals surface area contributed by atoms with Gasteiger partial charge >= 0.3 is 0 Å². The number of hydrogen-bond donors (Lipinski definition) is 1. The van der Waals surface area contributed by atoms with Gasteiger partial charge in [0.15, 0.2) is 0 Å². The molecule has 0 bridgehead atoms. The van der Waals surface area contributed by atoms with Crippen LogP contribution in [0.4, 0.5) is 0 Å². The number of rotatable bonds is 4. The maximum atomic E-state index is 4.60. The molecule has 2 atom stereocenters. The van der Waals surface area contributed by atoms with Crippen molar-refractivity contribution >= 4 is 11.3 Å². The summed E-state index contributed by atoms with van der Waals surface area (Å²) in [7, 11) is 2.07. The van der Waals surface area contributed by atoms with Gasteiger partial charge in [0.25, 0.3) is 0 Å². The molecular formula is C13H22N2S. The molecule has 1 aromatic heterocycles. The van der Waals surface area contributed by atoms with Crippen LogP contribution in [0, 0.1) is 18.8 Å². The molecule has 1 N–H and O–H groups in total. The van der Waals surface area contributed by atoms with E-state index in [1.165, 1.54) is 49.4 Å². The fraction of sp³-hybridized carbons (Fsp3) is 0.769. The van der Waals surface area contributed by atoms with Crippen LogP contribution in [0.1, 0.15) is 36.4 Å². The monoisotopic (exact) mass is 238 g/mol. The highest BCUT2D eigenvalue weighted by Gasteiger charge is 2.25. The molecule has 0 radical (unpaired) electrons. The molecule has 1 heterocycles. The Morgan fingerprint density at radius 2 is 2.12 bits per heavy atom. The van der Waals surface area contributed by atoms with Gasteiger partial charge < -0.3 is 5.32 Å². The average Bonchev–Trinajstić information content (AvgIpc) is 2.67. The van der Waals surface area contributed by atoms with Gasteiger partial charge in [0, 0.05) is 17.5 Å². The standard InChI is InChI=1S/C13H22N2S/c1-10-9-16-13(15-10)7-11-5-3-4-6-12(11)8-14-2/h9,11-12,14H,3-8H2,1-2H3. The van der Waals surface area contributed by atoms with Crippen molar-refractivity contribution in [1.29, 1.82) is 0 Å². The van der Waals surface area contributed by atoms with Gasteiger partial charge in [0.1, 0.15) is 0 Å². The zero-order valence-electron chi connectivity index (χ0n) is 10.3. The van der Waals surface area contributed by atoms with E-state index in [2.05, 4.69) is 29.7 Å². The molecule has 0 aromatic carbocycles. The molecule has 1 saturated carbocycles. The Balaban J connectivity index is 1.95. The van der Waals surface area contributed by atoms with Crippen LogP contribution in [0.5, 0.6) is 0 Å². The van der Waals surface area contributed by atoms with Crippen LogP contribution in [0.25, 0.3) is 0 Å². The Morgan fingerprint density at radius 3 is 2.75 bits per heavy atom. The van der Waals surface area contributed by atoms with E-state index in [0.29, 0.717) is 0 Å². The Morgan fingerprint density at radius 1 is 1.38 bits per heavy atom. The van der Waals surface area contributed by atoms with E-state index in [0.717, 1.165) is 11.8 Å². The summed E-state index contributed by atoms with van der Waals surface area (Å²) in [5.74, 6) is 1.72. The van der Waals surface area contributed by atoms with Crippen molar-refractivity contribution in [1.82, 2.24) is 10.3 Å². The minimum absolute atomic E-state index is 0.853. The Bertz CT molecular complexity index is 319. The molecule has 16 heavy (non-hydrogen) atoms. The van der Waals surface area contributed by atoms with Crippen molar-refractivity contribution in [3.8, 4) is 0 Å². The Hall–Kier alpha value is -0.410. The summed E-state index contributed by atoms with van der Waals surface area (Å²) >= 11 is 1.83. The van der Waals surface area contributed by atoms with Gasteiger partial charge in [0.2, 0.25) is 0 Å². The minimum Gasteiger partial charge on any atom is -0.319 e. The molecule has 2 rings (SSSR count). The van der Waals surface area contributed by atoms with E-state index in [9.17, 15) is 0 Å². The first-order valence-corrected chi connectivity index (χ1v) is 7.23. The molecule has 1 aliphatic rings. The SMILES string of the molecule is CNCC1CCCCC1Cc1nc(C)cs1. The molecule has 1 fully saturated rings. The molecule has 2 unspecified atom stereocenters. The summed E-state index contributed by atoms with van der Waals surface area (Å²) in [6.45, 7) is 3.26. The van der Waals surface area contributed by atoms with E-state index < -0.39 is 0 Å².